The first-order valence-electron chi connectivity index (χ1n) is 7.26. The third kappa shape index (κ3) is 3.46. The Kier molecular flexibility index (Phi) is 4.11. The predicted molar refractivity (Wildman–Crippen MR) is 75.2 cm³/mol. The molecule has 1 aliphatic carbocycles. The van der Waals surface area contributed by atoms with Crippen LogP contribution in [0.25, 0.3) is 0 Å². The lowest BCUT2D eigenvalue weighted by Gasteiger charge is -2.35. The molecule has 1 saturated carbocycles. The topological polar surface area (TPSA) is 102 Å². The number of nitrogens with one attached hydrogen (secondary N) is 1. The van der Waals surface area contributed by atoms with Gasteiger partial charge in [0.25, 0.3) is 0 Å². The number of amides is 3. The van der Waals surface area contributed by atoms with Crippen LogP contribution in [0.4, 0.5) is 4.79 Å². The van der Waals surface area contributed by atoms with Crippen LogP contribution in [0.3, 0.4) is 0 Å². The van der Waals surface area contributed by atoms with E-state index in [1.807, 2.05) is 0 Å². The van der Waals surface area contributed by atoms with E-state index in [0.29, 0.717) is 0 Å². The third-order valence-electron chi connectivity index (χ3n) is 3.89. The minimum atomic E-state index is -0.604. The lowest BCUT2D eigenvalue weighted by atomic mass is 9.98. The van der Waals surface area contributed by atoms with Gasteiger partial charge in [-0.1, -0.05) is 0 Å². The number of nitrogens with two attached hydrogens (primary N) is 1. The number of piperidine rings is 1. The van der Waals surface area contributed by atoms with Crippen molar-refractivity contribution in [3.05, 3.63) is 0 Å². The molecule has 3 atom stereocenters. The van der Waals surface area contributed by atoms with Gasteiger partial charge in [0.1, 0.15) is 11.6 Å². The summed E-state index contributed by atoms with van der Waals surface area (Å²) in [4.78, 5) is 36.9. The Morgan fingerprint density at radius 2 is 1.95 bits per heavy atom. The molecule has 3 N–H and O–H groups in total. The first kappa shape index (κ1) is 15.6. The van der Waals surface area contributed by atoms with E-state index in [1.165, 1.54) is 4.90 Å². The summed E-state index contributed by atoms with van der Waals surface area (Å²) in [7, 11) is 0. The van der Waals surface area contributed by atoms with Gasteiger partial charge in [-0.3, -0.25) is 14.5 Å². The molecule has 2 fully saturated rings. The van der Waals surface area contributed by atoms with E-state index in [1.54, 1.807) is 20.8 Å². The van der Waals surface area contributed by atoms with Crippen molar-refractivity contribution < 1.29 is 19.1 Å². The first-order valence-corrected chi connectivity index (χ1v) is 7.26. The van der Waals surface area contributed by atoms with Crippen molar-refractivity contribution in [3.8, 4) is 0 Å². The Labute approximate surface area is 124 Å². The highest BCUT2D eigenvalue weighted by atomic mass is 16.6. The fourth-order valence-corrected chi connectivity index (χ4v) is 3.18. The number of ether oxygens (including phenoxy) is 1. The van der Waals surface area contributed by atoms with Crippen LogP contribution in [0.5, 0.6) is 0 Å². The smallest absolute Gasteiger partial charge is 0.411 e. The maximum Gasteiger partial charge on any atom is 0.411 e. The molecule has 0 aromatic rings. The molecule has 0 aromatic carbocycles. The molecule has 3 amide bonds. The fourth-order valence-electron chi connectivity index (χ4n) is 3.18. The molecule has 0 spiro atoms. The number of likely N-dealkylation sites (tertiary alicyclic amines) is 1. The molecule has 2 rings (SSSR count). The molecular weight excluding hydrogens is 274 g/mol. The summed E-state index contributed by atoms with van der Waals surface area (Å²) in [5.74, 6) is -0.794. The SMILES string of the molecule is CC(C)(C)OC(=O)N1C2CCC(C2)[C@H]1C(=O)NCC(N)=O. The molecule has 1 saturated heterocycles. The summed E-state index contributed by atoms with van der Waals surface area (Å²) >= 11 is 0. The number of hydrogen-bond acceptors (Lipinski definition) is 4. The Balaban J connectivity index is 2.08. The van der Waals surface area contributed by atoms with Gasteiger partial charge in [-0.25, -0.2) is 4.79 Å². The standard InChI is InChI=1S/C14H23N3O4/c1-14(2,3)21-13(20)17-9-5-4-8(6-9)11(17)12(19)16-7-10(15)18/h8-9,11H,4-7H2,1-3H3,(H2,15,18)(H,16,19)/t8?,9?,11-/m0/s1. The molecule has 7 nitrogen and oxygen atoms in total. The zero-order valence-electron chi connectivity index (χ0n) is 12.7. The number of hydrogen-bond donors (Lipinski definition) is 2. The van der Waals surface area contributed by atoms with Crippen molar-refractivity contribution in [2.45, 2.75) is 57.7 Å². The summed E-state index contributed by atoms with van der Waals surface area (Å²) in [6.07, 6.45) is 2.16. The van der Waals surface area contributed by atoms with Crippen LogP contribution in [0.15, 0.2) is 0 Å². The molecular formula is C14H23N3O4. The molecule has 1 aliphatic heterocycles. The zero-order chi connectivity index (χ0) is 15.8. The molecule has 21 heavy (non-hydrogen) atoms. The van der Waals surface area contributed by atoms with E-state index in [0.717, 1.165) is 19.3 Å². The maximum absolute atomic E-state index is 12.3. The van der Waals surface area contributed by atoms with Gasteiger partial charge in [0.15, 0.2) is 0 Å². The number of fused-ring (bicyclic) bond motifs is 2. The van der Waals surface area contributed by atoms with E-state index in [9.17, 15) is 14.4 Å². The molecule has 0 aromatic heterocycles. The monoisotopic (exact) mass is 297 g/mol. The Bertz CT molecular complexity index is 458. The van der Waals surface area contributed by atoms with Gasteiger partial charge in [-0.15, -0.1) is 0 Å². The van der Waals surface area contributed by atoms with Crippen LogP contribution < -0.4 is 11.1 Å². The first-order chi connectivity index (χ1) is 9.69. The van der Waals surface area contributed by atoms with Crippen molar-refractivity contribution in [2.24, 2.45) is 11.7 Å². The lowest BCUT2D eigenvalue weighted by Crippen LogP contribution is -2.54. The lowest BCUT2D eigenvalue weighted by molar-refractivity contribution is -0.130. The molecule has 2 aliphatic rings. The van der Waals surface area contributed by atoms with Crippen molar-refractivity contribution >= 4 is 17.9 Å². The number of primary amides is 1. The summed E-state index contributed by atoms with van der Waals surface area (Å²) in [6.45, 7) is 5.17. The summed E-state index contributed by atoms with van der Waals surface area (Å²) in [5, 5.41) is 2.49. The molecule has 118 valence electrons. The van der Waals surface area contributed by atoms with Crippen LogP contribution in [-0.4, -0.2) is 47.0 Å². The van der Waals surface area contributed by atoms with E-state index < -0.39 is 23.6 Å². The predicted octanol–water partition coefficient (Wildman–Crippen LogP) is 0.376. The Hall–Kier alpha value is -1.79. The average molecular weight is 297 g/mol. The Morgan fingerprint density at radius 3 is 2.52 bits per heavy atom. The molecule has 1 heterocycles. The number of rotatable bonds is 3. The van der Waals surface area contributed by atoms with Gasteiger partial charge in [-0.2, -0.15) is 0 Å². The highest BCUT2D eigenvalue weighted by molar-refractivity contribution is 5.90. The van der Waals surface area contributed by atoms with Crippen molar-refractivity contribution in [3.63, 3.8) is 0 Å². The molecule has 2 bridgehead atoms. The molecule has 2 unspecified atom stereocenters. The second-order valence-corrected chi connectivity index (χ2v) is 6.74. The third-order valence-corrected chi connectivity index (χ3v) is 3.89. The quantitative estimate of drug-likeness (QED) is 0.786. The van der Waals surface area contributed by atoms with E-state index in [2.05, 4.69) is 5.32 Å². The van der Waals surface area contributed by atoms with Crippen LogP contribution in [-0.2, 0) is 14.3 Å². The van der Waals surface area contributed by atoms with Crippen LogP contribution in [0.2, 0.25) is 0 Å². The minimum Gasteiger partial charge on any atom is -0.444 e. The second kappa shape index (κ2) is 5.54. The van der Waals surface area contributed by atoms with Crippen molar-refractivity contribution in [2.75, 3.05) is 6.54 Å². The highest BCUT2D eigenvalue weighted by Gasteiger charge is 2.52. The zero-order valence-corrected chi connectivity index (χ0v) is 12.7. The summed E-state index contributed by atoms with van der Waals surface area (Å²) in [6, 6.07) is -0.507. The van der Waals surface area contributed by atoms with Crippen molar-refractivity contribution in [1.29, 1.82) is 0 Å². The maximum atomic E-state index is 12.3. The van der Waals surface area contributed by atoms with Crippen LogP contribution in [0.1, 0.15) is 40.0 Å². The largest absolute Gasteiger partial charge is 0.444 e. The number of carbonyl (C=O) groups excluding carboxylic acids is 3. The normalized spacial score (nSPS) is 27.6. The van der Waals surface area contributed by atoms with Gasteiger partial charge < -0.3 is 15.8 Å². The number of carbonyl (C=O) groups is 3. The van der Waals surface area contributed by atoms with Gasteiger partial charge in [0, 0.05) is 6.04 Å². The van der Waals surface area contributed by atoms with Gasteiger partial charge in [-0.05, 0) is 46.0 Å². The van der Waals surface area contributed by atoms with E-state index in [4.69, 9.17) is 10.5 Å². The summed E-state index contributed by atoms with van der Waals surface area (Å²) < 4.78 is 5.40. The minimum absolute atomic E-state index is 0.0502. The van der Waals surface area contributed by atoms with Crippen molar-refractivity contribution in [1.82, 2.24) is 10.2 Å². The fraction of sp³-hybridized carbons (Fsp3) is 0.786. The van der Waals surface area contributed by atoms with E-state index in [-0.39, 0.29) is 24.4 Å². The number of nitrogens with zero attached hydrogens (tertiary/aromatic N) is 1. The summed E-state index contributed by atoms with van der Waals surface area (Å²) in [5.41, 5.74) is 4.43. The highest BCUT2D eigenvalue weighted by Crippen LogP contribution is 2.43. The van der Waals surface area contributed by atoms with Gasteiger partial charge in [0.2, 0.25) is 11.8 Å². The van der Waals surface area contributed by atoms with Gasteiger partial charge in [0.05, 0.1) is 6.54 Å². The molecule has 0 radical (unpaired) electrons. The van der Waals surface area contributed by atoms with Crippen LogP contribution >= 0.6 is 0 Å². The van der Waals surface area contributed by atoms with E-state index >= 15 is 0 Å². The average Bonchev–Trinajstić information content (AvgIpc) is 2.93. The van der Waals surface area contributed by atoms with Gasteiger partial charge >= 0.3 is 6.09 Å². The second-order valence-electron chi connectivity index (χ2n) is 6.74. The Morgan fingerprint density at radius 1 is 1.29 bits per heavy atom. The molecule has 7 heteroatoms. The van der Waals surface area contributed by atoms with Crippen LogP contribution in [0, 0.1) is 5.92 Å².